The molecule has 1 atom stereocenters. The van der Waals surface area contributed by atoms with Gasteiger partial charge in [0.1, 0.15) is 11.4 Å². The Kier molecular flexibility index (Phi) is 4.06. The normalized spacial score (nSPS) is 21.0. The summed E-state index contributed by atoms with van der Waals surface area (Å²) in [6, 6.07) is 9.20. The summed E-state index contributed by atoms with van der Waals surface area (Å²) in [5.74, 6) is 0.534. The van der Waals surface area contributed by atoms with Crippen molar-refractivity contribution in [3.63, 3.8) is 0 Å². The topological polar surface area (TPSA) is 80.5 Å². The third kappa shape index (κ3) is 3.43. The first kappa shape index (κ1) is 14.5. The molecule has 1 aliphatic rings. The quantitative estimate of drug-likeness (QED) is 0.860. The molecule has 0 bridgehead atoms. The second-order valence-corrected chi connectivity index (χ2v) is 5.49. The van der Waals surface area contributed by atoms with Gasteiger partial charge >= 0.3 is 0 Å². The van der Waals surface area contributed by atoms with Gasteiger partial charge in [0.2, 0.25) is 0 Å². The van der Waals surface area contributed by atoms with Gasteiger partial charge in [0.05, 0.1) is 19.3 Å². The molecule has 22 heavy (non-hydrogen) atoms. The first-order valence-electron chi connectivity index (χ1n) is 7.17. The van der Waals surface area contributed by atoms with Gasteiger partial charge in [-0.3, -0.25) is 4.79 Å². The predicted molar refractivity (Wildman–Crippen MR) is 78.1 cm³/mol. The maximum Gasteiger partial charge on any atom is 0.260 e. The van der Waals surface area contributed by atoms with Crippen LogP contribution in [0.5, 0.6) is 5.75 Å². The van der Waals surface area contributed by atoms with E-state index in [2.05, 4.69) is 10.3 Å². The lowest BCUT2D eigenvalue weighted by atomic mass is 10.0. The third-order valence-electron chi connectivity index (χ3n) is 3.72. The first-order chi connectivity index (χ1) is 10.6. The number of carbonyl (C=O) groups is 1. The average molecular weight is 302 g/mol. The Hall–Kier alpha value is -2.41. The van der Waals surface area contributed by atoms with E-state index in [0.717, 1.165) is 0 Å². The summed E-state index contributed by atoms with van der Waals surface area (Å²) < 4.78 is 7.03. The lowest BCUT2D eigenvalue weighted by molar-refractivity contribution is -0.133. The van der Waals surface area contributed by atoms with E-state index in [9.17, 15) is 9.90 Å². The number of rotatable bonds is 5. The van der Waals surface area contributed by atoms with E-state index in [1.807, 2.05) is 18.2 Å². The van der Waals surface area contributed by atoms with Crippen molar-refractivity contribution < 1.29 is 14.6 Å². The smallest absolute Gasteiger partial charge is 0.260 e. The Morgan fingerprint density at radius 2 is 2.18 bits per heavy atom. The summed E-state index contributed by atoms with van der Waals surface area (Å²) >= 11 is 0. The van der Waals surface area contributed by atoms with Gasteiger partial charge in [0.15, 0.2) is 6.61 Å². The van der Waals surface area contributed by atoms with Crippen LogP contribution in [0.25, 0.3) is 0 Å². The SMILES string of the molecule is O=C(COc1ccccc1)N1CCC(O)(Cn2ccnn2)C1. The molecule has 0 saturated carbocycles. The summed E-state index contributed by atoms with van der Waals surface area (Å²) in [5, 5.41) is 18.1. The minimum absolute atomic E-state index is 0.0244. The number of aliphatic hydroxyl groups is 1. The number of hydrogen-bond acceptors (Lipinski definition) is 5. The van der Waals surface area contributed by atoms with Crippen molar-refractivity contribution in [3.8, 4) is 5.75 Å². The van der Waals surface area contributed by atoms with Crippen molar-refractivity contribution in [3.05, 3.63) is 42.7 Å². The molecule has 1 aliphatic heterocycles. The maximum atomic E-state index is 12.2. The van der Waals surface area contributed by atoms with Crippen molar-refractivity contribution in [2.45, 2.75) is 18.6 Å². The third-order valence-corrected chi connectivity index (χ3v) is 3.72. The van der Waals surface area contributed by atoms with Crippen LogP contribution in [0.1, 0.15) is 6.42 Å². The number of likely N-dealkylation sites (tertiary alicyclic amines) is 1. The molecule has 1 aromatic heterocycles. The van der Waals surface area contributed by atoms with Gasteiger partial charge in [-0.2, -0.15) is 0 Å². The summed E-state index contributed by atoms with van der Waals surface area (Å²) in [6.07, 6.45) is 3.78. The summed E-state index contributed by atoms with van der Waals surface area (Å²) in [5.41, 5.74) is -0.962. The zero-order valence-electron chi connectivity index (χ0n) is 12.1. The van der Waals surface area contributed by atoms with Crippen LogP contribution in [-0.2, 0) is 11.3 Å². The summed E-state index contributed by atoms with van der Waals surface area (Å²) in [7, 11) is 0. The Morgan fingerprint density at radius 1 is 1.36 bits per heavy atom. The molecule has 7 heteroatoms. The molecule has 1 amide bonds. The largest absolute Gasteiger partial charge is 0.484 e. The van der Waals surface area contributed by atoms with E-state index < -0.39 is 5.60 Å². The molecule has 1 aromatic carbocycles. The van der Waals surface area contributed by atoms with Crippen molar-refractivity contribution in [1.29, 1.82) is 0 Å². The number of amides is 1. The minimum atomic E-state index is -0.962. The average Bonchev–Trinajstić information content (AvgIpc) is 3.16. The van der Waals surface area contributed by atoms with Crippen molar-refractivity contribution in [1.82, 2.24) is 19.9 Å². The van der Waals surface area contributed by atoms with E-state index in [4.69, 9.17) is 4.74 Å². The molecular formula is C15H18N4O3. The van der Waals surface area contributed by atoms with Crippen molar-refractivity contribution >= 4 is 5.91 Å². The molecular weight excluding hydrogens is 284 g/mol. The Balaban J connectivity index is 1.52. The summed E-state index contributed by atoms with van der Waals surface area (Å²) in [4.78, 5) is 13.8. The van der Waals surface area contributed by atoms with Gasteiger partial charge in [0.25, 0.3) is 5.91 Å². The van der Waals surface area contributed by atoms with Crippen LogP contribution in [0.3, 0.4) is 0 Å². The molecule has 7 nitrogen and oxygen atoms in total. The van der Waals surface area contributed by atoms with Crippen molar-refractivity contribution in [2.24, 2.45) is 0 Å². The Bertz CT molecular complexity index is 617. The monoisotopic (exact) mass is 302 g/mol. The highest BCUT2D eigenvalue weighted by molar-refractivity contribution is 5.78. The molecule has 0 spiro atoms. The molecule has 1 saturated heterocycles. The summed E-state index contributed by atoms with van der Waals surface area (Å²) in [6.45, 7) is 1.10. The second-order valence-electron chi connectivity index (χ2n) is 5.49. The first-order valence-corrected chi connectivity index (χ1v) is 7.17. The standard InChI is InChI=1S/C15H18N4O3/c20-14(10-22-13-4-2-1-3-5-13)18-8-6-15(21,11-18)12-19-9-7-16-17-19/h1-5,7,9,21H,6,8,10-12H2. The zero-order valence-corrected chi connectivity index (χ0v) is 12.1. The highest BCUT2D eigenvalue weighted by atomic mass is 16.5. The van der Waals surface area contributed by atoms with Crippen LogP contribution in [0.2, 0.25) is 0 Å². The number of β-amino-alcohol motifs (C(OH)–C–C–N with tert-alkyl or cyclic N) is 1. The van der Waals surface area contributed by atoms with E-state index in [-0.39, 0.29) is 19.1 Å². The predicted octanol–water partition coefficient (Wildman–Crippen LogP) is 0.320. The molecule has 2 heterocycles. The lowest BCUT2D eigenvalue weighted by Gasteiger charge is -2.23. The molecule has 3 rings (SSSR count). The highest BCUT2D eigenvalue weighted by Crippen LogP contribution is 2.23. The van der Waals surface area contributed by atoms with E-state index >= 15 is 0 Å². The zero-order chi connectivity index (χ0) is 15.4. The second kappa shape index (κ2) is 6.15. The molecule has 1 unspecified atom stereocenters. The Morgan fingerprint density at radius 3 is 2.91 bits per heavy atom. The number of para-hydroxylation sites is 1. The van der Waals surface area contributed by atoms with Crippen LogP contribution in [0.15, 0.2) is 42.7 Å². The van der Waals surface area contributed by atoms with Gasteiger partial charge in [-0.15, -0.1) is 5.10 Å². The highest BCUT2D eigenvalue weighted by Gasteiger charge is 2.38. The fourth-order valence-electron chi connectivity index (χ4n) is 2.57. The molecule has 116 valence electrons. The molecule has 1 N–H and O–H groups in total. The van der Waals surface area contributed by atoms with Gasteiger partial charge in [-0.1, -0.05) is 23.4 Å². The maximum absolute atomic E-state index is 12.2. The lowest BCUT2D eigenvalue weighted by Crippen LogP contribution is -2.40. The van der Waals surface area contributed by atoms with E-state index in [0.29, 0.717) is 25.3 Å². The molecule has 0 aliphatic carbocycles. The minimum Gasteiger partial charge on any atom is -0.484 e. The van der Waals surface area contributed by atoms with Crippen LogP contribution in [-0.4, -0.2) is 56.2 Å². The van der Waals surface area contributed by atoms with Crippen LogP contribution >= 0.6 is 0 Å². The Labute approximate surface area is 128 Å². The van der Waals surface area contributed by atoms with Crippen molar-refractivity contribution in [2.75, 3.05) is 19.7 Å². The van der Waals surface area contributed by atoms with Crippen LogP contribution < -0.4 is 4.74 Å². The number of nitrogens with zero attached hydrogens (tertiary/aromatic N) is 4. The number of aromatic nitrogens is 3. The van der Waals surface area contributed by atoms with Gasteiger partial charge < -0.3 is 14.7 Å². The van der Waals surface area contributed by atoms with E-state index in [1.165, 1.54) is 0 Å². The number of ether oxygens (including phenoxy) is 1. The van der Waals surface area contributed by atoms with Gasteiger partial charge in [-0.25, -0.2) is 4.68 Å². The molecule has 1 fully saturated rings. The number of carbonyl (C=O) groups excluding carboxylic acids is 1. The number of hydrogen-bond donors (Lipinski definition) is 1. The van der Waals surface area contributed by atoms with Gasteiger partial charge in [0, 0.05) is 12.7 Å². The fraction of sp³-hybridized carbons (Fsp3) is 0.400. The van der Waals surface area contributed by atoms with Crippen LogP contribution in [0, 0.1) is 0 Å². The number of benzene rings is 1. The molecule has 0 radical (unpaired) electrons. The van der Waals surface area contributed by atoms with Gasteiger partial charge in [-0.05, 0) is 18.6 Å². The fourth-order valence-corrected chi connectivity index (χ4v) is 2.57. The van der Waals surface area contributed by atoms with Crippen LogP contribution in [0.4, 0.5) is 0 Å². The molecule has 2 aromatic rings. The van der Waals surface area contributed by atoms with E-state index in [1.54, 1.807) is 34.1 Å².